The van der Waals surface area contributed by atoms with Crippen LogP contribution >= 0.6 is 0 Å². The summed E-state index contributed by atoms with van der Waals surface area (Å²) in [6, 6.07) is 0. The van der Waals surface area contributed by atoms with Gasteiger partial charge in [0.05, 0.1) is 0 Å². The number of unbranched alkanes of at least 4 members (excludes halogenated alkanes) is 18. The van der Waals surface area contributed by atoms with Gasteiger partial charge in [-0.3, -0.25) is 0 Å². The monoisotopic (exact) mass is 537 g/mol. The summed E-state index contributed by atoms with van der Waals surface area (Å²) in [7, 11) is 0. The summed E-state index contributed by atoms with van der Waals surface area (Å²) in [5, 5.41) is 18.1. The fraction of sp³-hybridized carbons (Fsp3) is 1.00. The molecule has 0 aromatic carbocycles. The van der Waals surface area contributed by atoms with Gasteiger partial charge in [-0.25, -0.2) is 0 Å². The Bertz CT molecular complexity index is 422. The maximum absolute atomic E-state index is 9.04. The van der Waals surface area contributed by atoms with Gasteiger partial charge in [0, 0.05) is 13.2 Å². The summed E-state index contributed by atoms with van der Waals surface area (Å²) in [5.41, 5.74) is 0. The molecule has 0 spiro atoms. The van der Waals surface area contributed by atoms with Gasteiger partial charge in [-0.2, -0.15) is 0 Å². The second-order valence-corrected chi connectivity index (χ2v) is 13.2. The van der Waals surface area contributed by atoms with E-state index in [1.54, 1.807) is 12.8 Å². The van der Waals surface area contributed by atoms with Crippen molar-refractivity contribution in [2.24, 2.45) is 23.7 Å². The summed E-state index contributed by atoms with van der Waals surface area (Å²) in [5.74, 6) is 3.98. The summed E-state index contributed by atoms with van der Waals surface area (Å²) in [6.07, 6.45) is 38.9. The molecule has 0 aromatic rings. The van der Waals surface area contributed by atoms with Crippen LogP contribution < -0.4 is 0 Å². The van der Waals surface area contributed by atoms with E-state index in [0.717, 1.165) is 36.5 Å². The third-order valence-corrected chi connectivity index (χ3v) is 9.87. The molecular weight excluding hydrogens is 464 g/mol. The van der Waals surface area contributed by atoms with E-state index in [4.69, 9.17) is 10.2 Å². The lowest BCUT2D eigenvalue weighted by Gasteiger charge is -2.42. The number of hydrogen-bond acceptors (Lipinski definition) is 2. The largest absolute Gasteiger partial charge is 0.396 e. The van der Waals surface area contributed by atoms with Crippen LogP contribution in [0.5, 0.6) is 0 Å². The predicted molar refractivity (Wildman–Crippen MR) is 169 cm³/mol. The zero-order valence-corrected chi connectivity index (χ0v) is 26.4. The molecule has 2 N–H and O–H groups in total. The van der Waals surface area contributed by atoms with Crippen molar-refractivity contribution in [3.63, 3.8) is 0 Å². The van der Waals surface area contributed by atoms with Crippen LogP contribution in [0.2, 0.25) is 0 Å². The van der Waals surface area contributed by atoms with E-state index in [2.05, 4.69) is 13.8 Å². The van der Waals surface area contributed by atoms with Crippen LogP contribution in [-0.2, 0) is 0 Å². The molecule has 1 saturated carbocycles. The highest BCUT2D eigenvalue weighted by atomic mass is 16.3. The normalized spacial score (nSPS) is 21.8. The second kappa shape index (κ2) is 27.1. The number of aliphatic hydroxyl groups is 2. The van der Waals surface area contributed by atoms with Gasteiger partial charge in [-0.1, -0.05) is 168 Å². The second-order valence-electron chi connectivity index (χ2n) is 13.2. The molecule has 1 rings (SSSR count). The van der Waals surface area contributed by atoms with Crippen molar-refractivity contribution < 1.29 is 10.2 Å². The molecule has 0 aromatic heterocycles. The number of aliphatic hydroxyl groups excluding tert-OH is 2. The van der Waals surface area contributed by atoms with E-state index >= 15 is 0 Å². The average Bonchev–Trinajstić information content (AvgIpc) is 2.93. The first kappa shape index (κ1) is 35.9. The van der Waals surface area contributed by atoms with Crippen molar-refractivity contribution in [2.75, 3.05) is 13.2 Å². The Balaban J connectivity index is 2.63. The summed E-state index contributed by atoms with van der Waals surface area (Å²) in [6.45, 7) is 5.40. The smallest absolute Gasteiger partial charge is 0.0431 e. The van der Waals surface area contributed by atoms with E-state index in [9.17, 15) is 0 Å². The van der Waals surface area contributed by atoms with E-state index in [0.29, 0.717) is 13.2 Å². The standard InChI is InChI=1S/C36H72O2/c1-3-5-7-13-19-25-33-31-35(27-21-15-9-11-17-23-29-37)36(28-22-16-10-12-18-24-30-38)32-34(33)26-20-14-8-6-4-2/h33-38H,3-32H2,1-2H3. The van der Waals surface area contributed by atoms with Crippen molar-refractivity contribution in [2.45, 2.75) is 194 Å². The SMILES string of the molecule is CCCCCCCC1CC(CCCCCCCCO)C(CCCCCCCCO)CC1CCCCCCC. The average molecular weight is 537 g/mol. The minimum atomic E-state index is 0.366. The van der Waals surface area contributed by atoms with Gasteiger partial charge in [0.15, 0.2) is 0 Å². The highest BCUT2D eigenvalue weighted by Crippen LogP contribution is 2.46. The van der Waals surface area contributed by atoms with Gasteiger partial charge in [0.2, 0.25) is 0 Å². The van der Waals surface area contributed by atoms with Gasteiger partial charge >= 0.3 is 0 Å². The zero-order chi connectivity index (χ0) is 27.5. The molecule has 4 unspecified atom stereocenters. The molecule has 2 nitrogen and oxygen atoms in total. The number of hydrogen-bond donors (Lipinski definition) is 2. The Labute approximate surface area is 240 Å². The topological polar surface area (TPSA) is 40.5 Å². The van der Waals surface area contributed by atoms with Crippen LogP contribution in [0.15, 0.2) is 0 Å². The summed E-state index contributed by atoms with van der Waals surface area (Å²) >= 11 is 0. The van der Waals surface area contributed by atoms with Gasteiger partial charge in [0.25, 0.3) is 0 Å². The van der Waals surface area contributed by atoms with E-state index in [1.807, 2.05) is 0 Å². The predicted octanol–water partition coefficient (Wildman–Crippen LogP) is 11.4. The Hall–Kier alpha value is -0.0800. The van der Waals surface area contributed by atoms with Gasteiger partial charge in [-0.05, 0) is 49.4 Å². The van der Waals surface area contributed by atoms with Crippen molar-refractivity contribution in [3.8, 4) is 0 Å². The third kappa shape index (κ3) is 19.1. The molecule has 0 saturated heterocycles. The molecule has 1 aliphatic rings. The van der Waals surface area contributed by atoms with Crippen LogP contribution in [0.4, 0.5) is 0 Å². The van der Waals surface area contributed by atoms with Crippen molar-refractivity contribution in [1.29, 1.82) is 0 Å². The fourth-order valence-electron chi connectivity index (χ4n) is 7.43. The first-order valence-corrected chi connectivity index (χ1v) is 18.0. The highest BCUT2D eigenvalue weighted by Gasteiger charge is 2.35. The zero-order valence-electron chi connectivity index (χ0n) is 26.4. The highest BCUT2D eigenvalue weighted by molar-refractivity contribution is 4.86. The Kier molecular flexibility index (Phi) is 25.6. The first-order valence-electron chi connectivity index (χ1n) is 18.0. The maximum atomic E-state index is 9.04. The molecule has 0 heterocycles. The molecule has 1 aliphatic carbocycles. The lowest BCUT2D eigenvalue weighted by Crippen LogP contribution is -2.32. The molecule has 0 bridgehead atoms. The van der Waals surface area contributed by atoms with Crippen LogP contribution in [0.1, 0.15) is 194 Å². The van der Waals surface area contributed by atoms with E-state index < -0.39 is 0 Å². The number of rotatable bonds is 28. The molecule has 228 valence electrons. The quantitative estimate of drug-likeness (QED) is 0.0976. The van der Waals surface area contributed by atoms with Crippen molar-refractivity contribution in [1.82, 2.24) is 0 Å². The van der Waals surface area contributed by atoms with Crippen molar-refractivity contribution in [3.05, 3.63) is 0 Å². The fourth-order valence-corrected chi connectivity index (χ4v) is 7.43. The third-order valence-electron chi connectivity index (χ3n) is 9.87. The lowest BCUT2D eigenvalue weighted by molar-refractivity contribution is 0.0814. The summed E-state index contributed by atoms with van der Waals surface area (Å²) < 4.78 is 0. The minimum absolute atomic E-state index is 0.366. The first-order chi connectivity index (χ1) is 18.8. The molecular formula is C36H72O2. The van der Waals surface area contributed by atoms with Crippen LogP contribution in [0, 0.1) is 23.7 Å². The molecule has 4 atom stereocenters. The molecule has 38 heavy (non-hydrogen) atoms. The lowest BCUT2D eigenvalue weighted by atomic mass is 9.63. The van der Waals surface area contributed by atoms with Crippen molar-refractivity contribution >= 4 is 0 Å². The van der Waals surface area contributed by atoms with Gasteiger partial charge in [-0.15, -0.1) is 0 Å². The van der Waals surface area contributed by atoms with Gasteiger partial charge in [0.1, 0.15) is 0 Å². The molecule has 2 heteroatoms. The maximum Gasteiger partial charge on any atom is 0.0431 e. The Morgan fingerprint density at radius 3 is 0.842 bits per heavy atom. The molecule has 0 aliphatic heterocycles. The molecule has 0 radical (unpaired) electrons. The Morgan fingerprint density at radius 2 is 0.579 bits per heavy atom. The Morgan fingerprint density at radius 1 is 0.342 bits per heavy atom. The minimum Gasteiger partial charge on any atom is -0.396 e. The van der Waals surface area contributed by atoms with E-state index in [-0.39, 0.29) is 0 Å². The molecule has 0 amide bonds. The van der Waals surface area contributed by atoms with E-state index in [1.165, 1.54) is 154 Å². The summed E-state index contributed by atoms with van der Waals surface area (Å²) in [4.78, 5) is 0. The van der Waals surface area contributed by atoms with Gasteiger partial charge < -0.3 is 10.2 Å². The molecule has 1 fully saturated rings. The van der Waals surface area contributed by atoms with Crippen LogP contribution in [0.25, 0.3) is 0 Å². The van der Waals surface area contributed by atoms with Crippen LogP contribution in [0.3, 0.4) is 0 Å². The van der Waals surface area contributed by atoms with Crippen LogP contribution in [-0.4, -0.2) is 23.4 Å².